The number of ether oxygens (including phenoxy) is 2. The average Bonchev–Trinajstić information content (AvgIpc) is 2.27. The molecular weight excluding hydrogens is 347 g/mol. The third-order valence-corrected chi connectivity index (χ3v) is 4.13. The van der Waals surface area contributed by atoms with Crippen molar-refractivity contribution in [3.05, 3.63) is 20.3 Å². The van der Waals surface area contributed by atoms with Gasteiger partial charge in [-0.25, -0.2) is 0 Å². The minimum atomic E-state index is -0.394. The molecule has 5 heteroatoms. The van der Waals surface area contributed by atoms with E-state index in [1.807, 2.05) is 13.8 Å². The second kappa shape index (κ2) is 5.69. The van der Waals surface area contributed by atoms with Gasteiger partial charge >= 0.3 is 11.9 Å². The molecule has 0 aliphatic carbocycles. The molecule has 1 rings (SSSR count). The monoisotopic (exact) mass is 362 g/mol. The van der Waals surface area contributed by atoms with Crippen LogP contribution in [0, 0.1) is 24.3 Å². The summed E-state index contributed by atoms with van der Waals surface area (Å²) in [4.78, 5) is 22.2. The van der Waals surface area contributed by atoms with Gasteiger partial charge in [-0.2, -0.15) is 0 Å². The van der Waals surface area contributed by atoms with Gasteiger partial charge in [0.2, 0.25) is 0 Å². The maximum atomic E-state index is 11.1. The van der Waals surface area contributed by atoms with E-state index in [4.69, 9.17) is 9.47 Å². The zero-order chi connectivity index (χ0) is 14.0. The second-order valence-electron chi connectivity index (χ2n) is 4.03. The minimum Gasteiger partial charge on any atom is -0.426 e. The van der Waals surface area contributed by atoms with Crippen molar-refractivity contribution in [2.24, 2.45) is 0 Å². The Kier molecular flexibility index (Phi) is 4.72. The Morgan fingerprint density at radius 3 is 1.44 bits per heavy atom. The quantitative estimate of drug-likeness (QED) is 0.461. The molecule has 4 nitrogen and oxygen atoms in total. The first-order chi connectivity index (χ1) is 8.25. The number of benzene rings is 1. The predicted octanol–water partition coefficient (Wildman–Crippen LogP) is 3.07. The molecule has 0 aliphatic rings. The molecule has 0 atom stereocenters. The molecule has 0 heterocycles. The maximum Gasteiger partial charge on any atom is 0.308 e. The lowest BCUT2D eigenvalue weighted by Crippen LogP contribution is -2.10. The first-order valence-electron chi connectivity index (χ1n) is 5.41. The molecule has 18 heavy (non-hydrogen) atoms. The van der Waals surface area contributed by atoms with Crippen molar-refractivity contribution in [1.29, 1.82) is 0 Å². The van der Waals surface area contributed by atoms with Gasteiger partial charge in [0, 0.05) is 34.1 Å². The van der Waals surface area contributed by atoms with Crippen LogP contribution in [0.5, 0.6) is 11.5 Å². The van der Waals surface area contributed by atoms with E-state index < -0.39 is 11.9 Å². The van der Waals surface area contributed by atoms with Crippen LogP contribution in [-0.4, -0.2) is 11.9 Å². The summed E-state index contributed by atoms with van der Waals surface area (Å²) in [5, 5.41) is 0. The Balaban J connectivity index is 3.48. The molecule has 0 bridgehead atoms. The summed E-state index contributed by atoms with van der Waals surface area (Å²) in [7, 11) is 0. The van der Waals surface area contributed by atoms with Crippen LogP contribution in [0.4, 0.5) is 0 Å². The van der Waals surface area contributed by atoms with Crippen LogP contribution in [0.2, 0.25) is 0 Å². The van der Waals surface area contributed by atoms with Gasteiger partial charge < -0.3 is 9.47 Å². The zero-order valence-electron chi connectivity index (χ0n) is 11.0. The Morgan fingerprint density at radius 1 is 0.833 bits per heavy atom. The molecule has 0 spiro atoms. The Hall–Kier alpha value is -1.11. The molecule has 0 amide bonds. The number of halogens is 1. The zero-order valence-corrected chi connectivity index (χ0v) is 13.2. The van der Waals surface area contributed by atoms with Gasteiger partial charge in [0.25, 0.3) is 0 Å². The molecule has 0 radical (unpaired) electrons. The largest absolute Gasteiger partial charge is 0.426 e. The highest BCUT2D eigenvalue weighted by molar-refractivity contribution is 14.1. The van der Waals surface area contributed by atoms with Gasteiger partial charge in [-0.1, -0.05) is 0 Å². The van der Waals surface area contributed by atoms with Crippen molar-refractivity contribution in [2.45, 2.75) is 34.6 Å². The normalized spacial score (nSPS) is 10.1. The van der Waals surface area contributed by atoms with E-state index in [9.17, 15) is 9.59 Å². The summed E-state index contributed by atoms with van der Waals surface area (Å²) < 4.78 is 11.3. The molecule has 1 aromatic rings. The van der Waals surface area contributed by atoms with Crippen molar-refractivity contribution in [1.82, 2.24) is 0 Å². The number of hydrogen-bond donors (Lipinski definition) is 0. The van der Waals surface area contributed by atoms with E-state index >= 15 is 0 Å². The van der Waals surface area contributed by atoms with Crippen LogP contribution in [0.15, 0.2) is 0 Å². The average molecular weight is 362 g/mol. The SMILES string of the molecule is CC(=O)Oc1c(C)c(I)c(C)c(OC(C)=O)c1C. The van der Waals surface area contributed by atoms with Crippen LogP contribution in [0.25, 0.3) is 0 Å². The van der Waals surface area contributed by atoms with Crippen molar-refractivity contribution in [3.8, 4) is 11.5 Å². The highest BCUT2D eigenvalue weighted by Crippen LogP contribution is 2.38. The predicted molar refractivity (Wildman–Crippen MR) is 76.0 cm³/mol. The fourth-order valence-electron chi connectivity index (χ4n) is 1.74. The Bertz CT molecular complexity index is 477. The molecular formula is C13H15IO4. The number of hydrogen-bond acceptors (Lipinski definition) is 4. The topological polar surface area (TPSA) is 52.6 Å². The van der Waals surface area contributed by atoms with Crippen molar-refractivity contribution in [2.75, 3.05) is 0 Å². The Labute approximate surface area is 120 Å². The molecule has 0 aromatic heterocycles. The van der Waals surface area contributed by atoms with Crippen molar-refractivity contribution < 1.29 is 19.1 Å². The van der Waals surface area contributed by atoms with Gasteiger partial charge in [-0.05, 0) is 43.4 Å². The van der Waals surface area contributed by atoms with E-state index in [1.165, 1.54) is 13.8 Å². The number of rotatable bonds is 2. The molecule has 0 unspecified atom stereocenters. The Morgan fingerprint density at radius 2 is 1.17 bits per heavy atom. The maximum absolute atomic E-state index is 11.1. The third-order valence-electron chi connectivity index (χ3n) is 2.51. The fourth-order valence-corrected chi connectivity index (χ4v) is 2.23. The summed E-state index contributed by atoms with van der Waals surface area (Å²) in [6.07, 6.45) is 0. The summed E-state index contributed by atoms with van der Waals surface area (Å²) in [6.45, 7) is 8.20. The summed E-state index contributed by atoms with van der Waals surface area (Å²) in [6, 6.07) is 0. The van der Waals surface area contributed by atoms with Crippen LogP contribution < -0.4 is 9.47 Å². The van der Waals surface area contributed by atoms with Gasteiger partial charge in [-0.15, -0.1) is 0 Å². The van der Waals surface area contributed by atoms with E-state index in [2.05, 4.69) is 22.6 Å². The van der Waals surface area contributed by atoms with Gasteiger partial charge in [-0.3, -0.25) is 9.59 Å². The summed E-state index contributed by atoms with van der Waals surface area (Å²) in [5.74, 6) is 0.145. The third kappa shape index (κ3) is 3.01. The number of esters is 2. The lowest BCUT2D eigenvalue weighted by molar-refractivity contribution is -0.132. The molecule has 0 saturated carbocycles. The van der Waals surface area contributed by atoms with E-state index in [0.29, 0.717) is 17.1 Å². The van der Waals surface area contributed by atoms with Crippen LogP contribution in [0.3, 0.4) is 0 Å². The first-order valence-corrected chi connectivity index (χ1v) is 6.49. The fraction of sp³-hybridized carbons (Fsp3) is 0.385. The molecule has 98 valence electrons. The van der Waals surface area contributed by atoms with Crippen molar-refractivity contribution in [3.63, 3.8) is 0 Å². The van der Waals surface area contributed by atoms with E-state index in [-0.39, 0.29) is 0 Å². The van der Waals surface area contributed by atoms with Gasteiger partial charge in [0.1, 0.15) is 11.5 Å². The minimum absolute atomic E-state index is 0.394. The van der Waals surface area contributed by atoms with Gasteiger partial charge in [0.15, 0.2) is 0 Å². The van der Waals surface area contributed by atoms with Crippen LogP contribution in [-0.2, 0) is 9.59 Å². The van der Waals surface area contributed by atoms with E-state index in [0.717, 1.165) is 14.7 Å². The molecule has 0 N–H and O–H groups in total. The van der Waals surface area contributed by atoms with E-state index in [1.54, 1.807) is 6.92 Å². The number of carbonyl (C=O) groups is 2. The van der Waals surface area contributed by atoms with Gasteiger partial charge in [0.05, 0.1) is 0 Å². The highest BCUT2D eigenvalue weighted by atomic mass is 127. The standard InChI is InChI=1S/C13H15IO4/c1-6-11(14)7(2)13(18-10(5)16)8(3)12(6)17-9(4)15/h1-5H3. The first kappa shape index (κ1) is 14.9. The highest BCUT2D eigenvalue weighted by Gasteiger charge is 2.20. The molecule has 0 aliphatic heterocycles. The second-order valence-corrected chi connectivity index (χ2v) is 5.11. The smallest absolute Gasteiger partial charge is 0.308 e. The van der Waals surface area contributed by atoms with Crippen LogP contribution in [0.1, 0.15) is 30.5 Å². The van der Waals surface area contributed by atoms with Crippen molar-refractivity contribution >= 4 is 34.5 Å². The molecule has 1 aromatic carbocycles. The summed E-state index contributed by atoms with van der Waals surface area (Å²) >= 11 is 2.15. The molecule has 0 fully saturated rings. The van der Waals surface area contributed by atoms with Crippen LogP contribution >= 0.6 is 22.6 Å². The molecule has 0 saturated heterocycles. The number of carbonyl (C=O) groups excluding carboxylic acids is 2. The summed E-state index contributed by atoms with van der Waals surface area (Å²) in [5.41, 5.74) is 2.41. The lowest BCUT2D eigenvalue weighted by Gasteiger charge is -2.17. The lowest BCUT2D eigenvalue weighted by atomic mass is 10.0.